The number of benzene rings is 4. The summed E-state index contributed by atoms with van der Waals surface area (Å²) in [5, 5.41) is 23.0. The Morgan fingerprint density at radius 2 is 1.72 bits per heavy atom. The van der Waals surface area contributed by atoms with E-state index in [1.807, 2.05) is 55.5 Å². The Morgan fingerprint density at radius 1 is 1.00 bits per heavy atom. The number of aliphatic hydroxyl groups excluding tert-OH is 1. The SMILES string of the molecule is CC(=O)/C=C(/C)O.Cc1cc(F)c2ccc3c(-c4[c-]c5ccccc5c(C#N)c4)nccc3c2c1.[Ir]. The van der Waals surface area contributed by atoms with Crippen molar-refractivity contribution in [2.45, 2.75) is 20.8 Å². The van der Waals surface area contributed by atoms with E-state index in [2.05, 4.69) is 17.1 Å². The minimum atomic E-state index is -0.223. The van der Waals surface area contributed by atoms with Gasteiger partial charge in [-0.3, -0.25) is 9.78 Å². The molecule has 0 fully saturated rings. The molecular weight excluding hydrogens is 632 g/mol. The Hall–Kier alpha value is -3.91. The molecule has 0 aliphatic carbocycles. The maximum atomic E-state index is 14.4. The van der Waals surface area contributed by atoms with E-state index in [-0.39, 0.29) is 37.5 Å². The fourth-order valence-electron chi connectivity index (χ4n) is 4.15. The van der Waals surface area contributed by atoms with Gasteiger partial charge in [-0.2, -0.15) is 5.26 Å². The monoisotopic (exact) mass is 654 g/mol. The number of pyridine rings is 1. The third-order valence-electron chi connectivity index (χ3n) is 5.53. The molecule has 1 radical (unpaired) electrons. The van der Waals surface area contributed by atoms with Crippen LogP contribution in [-0.4, -0.2) is 15.9 Å². The van der Waals surface area contributed by atoms with Gasteiger partial charge in [-0.15, -0.1) is 23.6 Å². The fraction of sp³-hybridized carbons (Fsp3) is 0.100. The number of aryl methyl sites for hydroxylation is 1. The van der Waals surface area contributed by atoms with Crippen LogP contribution in [0.25, 0.3) is 43.6 Å². The largest absolute Gasteiger partial charge is 0.512 e. The number of nitrogens with zero attached hydrogens (tertiary/aromatic N) is 2. The Balaban J connectivity index is 0.000000400. The minimum absolute atomic E-state index is 0. The third-order valence-corrected chi connectivity index (χ3v) is 5.53. The van der Waals surface area contributed by atoms with Gasteiger partial charge in [0.05, 0.1) is 11.8 Å². The summed E-state index contributed by atoms with van der Waals surface area (Å²) >= 11 is 0. The first-order chi connectivity index (χ1) is 16.8. The maximum Gasteiger partial charge on any atom is 0.155 e. The summed E-state index contributed by atoms with van der Waals surface area (Å²) in [5.74, 6) is -0.285. The van der Waals surface area contributed by atoms with Gasteiger partial charge in [0, 0.05) is 43.5 Å². The maximum absolute atomic E-state index is 14.4. The van der Waals surface area contributed by atoms with Crippen LogP contribution in [-0.2, 0) is 24.9 Å². The van der Waals surface area contributed by atoms with Crippen LogP contribution in [0.5, 0.6) is 0 Å². The number of halogens is 1. The number of carbonyl (C=O) groups is 1. The van der Waals surface area contributed by atoms with Gasteiger partial charge in [-0.25, -0.2) is 4.39 Å². The minimum Gasteiger partial charge on any atom is -0.512 e. The first-order valence-electron chi connectivity index (χ1n) is 11.0. The second kappa shape index (κ2) is 11.2. The number of aliphatic hydroxyl groups is 1. The third kappa shape index (κ3) is 5.49. The fourth-order valence-corrected chi connectivity index (χ4v) is 4.15. The van der Waals surface area contributed by atoms with Crippen molar-refractivity contribution in [2.75, 3.05) is 0 Å². The number of ketones is 1. The number of fused-ring (bicyclic) bond motifs is 4. The first-order valence-corrected chi connectivity index (χ1v) is 11.0. The standard InChI is InChI=1S/C25H14FN2.C5H8O2.Ir/c1-15-10-23-20-8-9-28-25(22(20)7-6-21(23)24(26)11-15)17-12-16-4-2-3-5-19(16)18(13-17)14-27;1-4(6)3-5(2)7;/h2-11,13H,1H3;3,6H,1-2H3;/q-1;;/b;4-3-;. The predicted octanol–water partition coefficient (Wildman–Crippen LogP) is 7.36. The molecule has 0 saturated heterocycles. The molecule has 5 aromatic rings. The molecule has 0 aliphatic heterocycles. The predicted molar refractivity (Wildman–Crippen MR) is 138 cm³/mol. The number of rotatable bonds is 2. The molecule has 36 heavy (non-hydrogen) atoms. The van der Waals surface area contributed by atoms with Gasteiger partial charge in [0.1, 0.15) is 5.82 Å². The van der Waals surface area contributed by atoms with Gasteiger partial charge in [-0.1, -0.05) is 47.3 Å². The van der Waals surface area contributed by atoms with E-state index >= 15 is 0 Å². The van der Waals surface area contributed by atoms with Crippen molar-refractivity contribution in [2.24, 2.45) is 0 Å². The smallest absolute Gasteiger partial charge is 0.155 e. The number of carbonyl (C=O) groups excluding carboxylic acids is 1. The Morgan fingerprint density at radius 3 is 2.39 bits per heavy atom. The molecule has 4 aromatic carbocycles. The van der Waals surface area contributed by atoms with Gasteiger partial charge >= 0.3 is 0 Å². The van der Waals surface area contributed by atoms with Crippen LogP contribution >= 0.6 is 0 Å². The number of hydrogen-bond donors (Lipinski definition) is 1. The molecule has 0 atom stereocenters. The molecule has 0 saturated carbocycles. The number of aromatic nitrogens is 1. The Bertz CT molecular complexity index is 1680. The van der Waals surface area contributed by atoms with Crippen molar-refractivity contribution < 1.29 is 34.4 Å². The van der Waals surface area contributed by atoms with Gasteiger partial charge in [0.2, 0.25) is 0 Å². The zero-order valence-electron chi connectivity index (χ0n) is 19.9. The molecule has 4 nitrogen and oxygen atoms in total. The molecule has 181 valence electrons. The summed E-state index contributed by atoms with van der Waals surface area (Å²) in [5.41, 5.74) is 2.96. The van der Waals surface area contributed by atoms with Crippen LogP contribution in [0.1, 0.15) is 25.0 Å². The van der Waals surface area contributed by atoms with Crippen LogP contribution in [0.2, 0.25) is 0 Å². The van der Waals surface area contributed by atoms with Crippen molar-refractivity contribution in [1.29, 1.82) is 5.26 Å². The van der Waals surface area contributed by atoms with Crippen LogP contribution in [0.4, 0.5) is 4.39 Å². The summed E-state index contributed by atoms with van der Waals surface area (Å²) in [6.07, 6.45) is 2.90. The van der Waals surface area contributed by atoms with Crippen molar-refractivity contribution >= 4 is 38.1 Å². The van der Waals surface area contributed by atoms with E-state index in [9.17, 15) is 14.4 Å². The van der Waals surface area contributed by atoms with Crippen molar-refractivity contribution in [3.8, 4) is 17.3 Å². The van der Waals surface area contributed by atoms with E-state index in [4.69, 9.17) is 5.11 Å². The normalized spacial score (nSPS) is 10.9. The molecule has 0 spiro atoms. The second-order valence-corrected chi connectivity index (χ2v) is 8.31. The van der Waals surface area contributed by atoms with E-state index in [0.717, 1.165) is 43.8 Å². The molecule has 0 unspecified atom stereocenters. The zero-order valence-corrected chi connectivity index (χ0v) is 22.3. The summed E-state index contributed by atoms with van der Waals surface area (Å²) in [6.45, 7) is 4.74. The van der Waals surface area contributed by atoms with Crippen molar-refractivity contribution in [3.63, 3.8) is 0 Å². The van der Waals surface area contributed by atoms with Gasteiger partial charge < -0.3 is 5.11 Å². The van der Waals surface area contributed by atoms with Gasteiger partial charge in [0.25, 0.3) is 0 Å². The molecule has 0 bridgehead atoms. The van der Waals surface area contributed by atoms with E-state index in [1.165, 1.54) is 19.9 Å². The average Bonchev–Trinajstić information content (AvgIpc) is 2.82. The molecule has 5 rings (SSSR count). The molecule has 1 heterocycles. The summed E-state index contributed by atoms with van der Waals surface area (Å²) in [4.78, 5) is 14.6. The first kappa shape index (κ1) is 26.7. The summed E-state index contributed by atoms with van der Waals surface area (Å²) < 4.78 is 14.4. The molecule has 0 aliphatic rings. The van der Waals surface area contributed by atoms with Crippen molar-refractivity contribution in [1.82, 2.24) is 4.98 Å². The second-order valence-electron chi connectivity index (χ2n) is 8.31. The van der Waals surface area contributed by atoms with Crippen LogP contribution < -0.4 is 0 Å². The Kier molecular flexibility index (Phi) is 8.32. The molecule has 1 N–H and O–H groups in total. The molecule has 1 aromatic heterocycles. The molecular formula is C30H22FIrN2O2-. The number of nitriles is 1. The van der Waals surface area contributed by atoms with Crippen LogP contribution in [0.3, 0.4) is 0 Å². The zero-order chi connectivity index (χ0) is 25.1. The topological polar surface area (TPSA) is 74.0 Å². The van der Waals surface area contributed by atoms with E-state index < -0.39 is 0 Å². The Labute approximate surface area is 222 Å². The number of hydrogen-bond acceptors (Lipinski definition) is 4. The van der Waals surface area contributed by atoms with Gasteiger partial charge in [-0.05, 0) is 60.2 Å². The average molecular weight is 654 g/mol. The van der Waals surface area contributed by atoms with Gasteiger partial charge in [0.15, 0.2) is 5.78 Å². The van der Waals surface area contributed by atoms with E-state index in [0.29, 0.717) is 10.9 Å². The van der Waals surface area contributed by atoms with Crippen molar-refractivity contribution in [3.05, 3.63) is 102 Å². The van der Waals surface area contributed by atoms with Crippen LogP contribution in [0, 0.1) is 30.1 Å². The van der Waals surface area contributed by atoms with Crippen LogP contribution in [0.15, 0.2) is 78.7 Å². The van der Waals surface area contributed by atoms with E-state index in [1.54, 1.807) is 18.3 Å². The molecule has 0 amide bonds. The summed E-state index contributed by atoms with van der Waals surface area (Å²) in [7, 11) is 0. The molecule has 6 heteroatoms. The quantitative estimate of drug-likeness (QED) is 0.0936. The number of allylic oxidation sites excluding steroid dienone is 2. The summed E-state index contributed by atoms with van der Waals surface area (Å²) in [6, 6.07) is 24.3.